The number of esters is 1. The predicted octanol–water partition coefficient (Wildman–Crippen LogP) is 2.64. The summed E-state index contributed by atoms with van der Waals surface area (Å²) in [6, 6.07) is 7.99. The van der Waals surface area contributed by atoms with Gasteiger partial charge in [0.25, 0.3) is 0 Å². The van der Waals surface area contributed by atoms with Crippen molar-refractivity contribution in [2.75, 3.05) is 18.1 Å². The number of pyridine rings is 1. The molecule has 1 fully saturated rings. The van der Waals surface area contributed by atoms with Crippen LogP contribution in [0.25, 0.3) is 11.1 Å². The molecule has 2 aliphatic heterocycles. The van der Waals surface area contributed by atoms with E-state index in [-0.39, 0.29) is 18.7 Å². The number of cyclic esters (lactones) is 1. The van der Waals surface area contributed by atoms with Gasteiger partial charge in [-0.2, -0.15) is 0 Å². The second-order valence-corrected chi connectivity index (χ2v) is 9.03. The van der Waals surface area contributed by atoms with Gasteiger partial charge in [-0.3, -0.25) is 9.88 Å². The third kappa shape index (κ3) is 5.32. The zero-order valence-electron chi connectivity index (χ0n) is 20.8. The number of carbonyl (C=O) groups excluding carboxylic acids is 2. The number of benzene rings is 1. The average molecular weight is 545 g/mol. The van der Waals surface area contributed by atoms with Crippen LogP contribution in [-0.4, -0.2) is 73.1 Å². The van der Waals surface area contributed by atoms with Gasteiger partial charge in [-0.15, -0.1) is 5.10 Å². The molecule has 1 amide bonds. The van der Waals surface area contributed by atoms with Crippen LogP contribution < -0.4 is 4.90 Å². The van der Waals surface area contributed by atoms with E-state index in [1.54, 1.807) is 41.3 Å². The van der Waals surface area contributed by atoms with E-state index in [1.165, 1.54) is 35.9 Å². The molecule has 0 saturated carbocycles. The molecule has 1 aromatic carbocycles. The molecule has 1 saturated heterocycles. The van der Waals surface area contributed by atoms with E-state index in [9.17, 15) is 9.59 Å². The van der Waals surface area contributed by atoms with Crippen LogP contribution in [0.15, 0.2) is 72.8 Å². The molecule has 2 atom stereocenters. The summed E-state index contributed by atoms with van der Waals surface area (Å²) in [6.45, 7) is 0.618. The van der Waals surface area contributed by atoms with Crippen LogP contribution in [-0.2, 0) is 20.9 Å². The van der Waals surface area contributed by atoms with E-state index in [1.807, 2.05) is 0 Å². The molecule has 5 heterocycles. The van der Waals surface area contributed by atoms with Gasteiger partial charge in [0.05, 0.1) is 36.2 Å². The van der Waals surface area contributed by atoms with E-state index in [0.29, 0.717) is 41.2 Å². The minimum absolute atomic E-state index is 0.00211. The fraction of sp³-hybridized carbons (Fsp3) is 0.231. The maximum Gasteiger partial charge on any atom is 0.414 e. The van der Waals surface area contributed by atoms with Crippen molar-refractivity contribution in [3.63, 3.8) is 0 Å². The number of carbonyl (C=O) groups is 2. The second kappa shape index (κ2) is 10.8. The molecule has 0 unspecified atom stereocenters. The maximum atomic E-state index is 15.1. The van der Waals surface area contributed by atoms with Crippen molar-refractivity contribution in [2.24, 2.45) is 5.16 Å². The molecular formula is C26H21FN8O5. The van der Waals surface area contributed by atoms with E-state index in [2.05, 4.69) is 30.4 Å². The van der Waals surface area contributed by atoms with Crippen LogP contribution in [0.1, 0.15) is 22.5 Å². The summed E-state index contributed by atoms with van der Waals surface area (Å²) in [4.78, 5) is 43.2. The molecule has 3 aromatic heterocycles. The van der Waals surface area contributed by atoms with Gasteiger partial charge in [-0.1, -0.05) is 16.4 Å². The Bertz CT molecular complexity index is 1550. The Labute approximate surface area is 226 Å². The summed E-state index contributed by atoms with van der Waals surface area (Å²) in [5.41, 5.74) is 2.65. The van der Waals surface area contributed by atoms with Crippen LogP contribution in [0.4, 0.5) is 14.9 Å². The van der Waals surface area contributed by atoms with Gasteiger partial charge >= 0.3 is 12.1 Å². The Hall–Kier alpha value is -5.27. The minimum Gasteiger partial charge on any atom is -0.458 e. The summed E-state index contributed by atoms with van der Waals surface area (Å²) in [5.74, 6) is -1.06. The first kappa shape index (κ1) is 25.0. The van der Waals surface area contributed by atoms with E-state index < -0.39 is 30.1 Å². The molecular weight excluding hydrogens is 523 g/mol. The smallest absolute Gasteiger partial charge is 0.414 e. The summed E-state index contributed by atoms with van der Waals surface area (Å²) in [6.07, 6.45) is 7.76. The van der Waals surface area contributed by atoms with Crippen LogP contribution in [0, 0.1) is 5.82 Å². The van der Waals surface area contributed by atoms with Crippen LogP contribution >= 0.6 is 0 Å². The lowest BCUT2D eigenvalue weighted by Gasteiger charge is -2.14. The van der Waals surface area contributed by atoms with Crippen molar-refractivity contribution in [2.45, 2.75) is 25.2 Å². The lowest BCUT2D eigenvalue weighted by molar-refractivity contribution is 0.00680. The number of amides is 1. The Morgan fingerprint density at radius 3 is 2.75 bits per heavy atom. The number of halogens is 1. The normalized spacial score (nSPS) is 18.3. The lowest BCUT2D eigenvalue weighted by atomic mass is 10.0. The van der Waals surface area contributed by atoms with Crippen molar-refractivity contribution in [1.82, 2.24) is 29.9 Å². The van der Waals surface area contributed by atoms with E-state index >= 15 is 4.39 Å². The molecule has 2 aliphatic rings. The van der Waals surface area contributed by atoms with Gasteiger partial charge in [0.15, 0.2) is 6.10 Å². The maximum absolute atomic E-state index is 15.1. The number of anilines is 1. The second-order valence-electron chi connectivity index (χ2n) is 9.03. The topological polar surface area (TPSA) is 147 Å². The molecule has 4 aromatic rings. The van der Waals surface area contributed by atoms with E-state index in [4.69, 9.17) is 14.3 Å². The van der Waals surface area contributed by atoms with Gasteiger partial charge in [-0.05, 0) is 24.3 Å². The summed E-state index contributed by atoms with van der Waals surface area (Å²) < 4.78 is 27.3. The molecule has 202 valence electrons. The monoisotopic (exact) mass is 544 g/mol. The molecule has 0 aliphatic carbocycles. The Morgan fingerprint density at radius 1 is 1.12 bits per heavy atom. The molecule has 0 bridgehead atoms. The zero-order chi connectivity index (χ0) is 27.5. The summed E-state index contributed by atoms with van der Waals surface area (Å²) >= 11 is 0. The quantitative estimate of drug-likeness (QED) is 0.303. The van der Waals surface area contributed by atoms with E-state index in [0.717, 1.165) is 0 Å². The number of hydrogen-bond donors (Lipinski definition) is 0. The largest absolute Gasteiger partial charge is 0.458 e. The van der Waals surface area contributed by atoms with Crippen molar-refractivity contribution >= 4 is 23.5 Å². The highest BCUT2D eigenvalue weighted by atomic mass is 19.1. The Morgan fingerprint density at radius 2 is 2.00 bits per heavy atom. The summed E-state index contributed by atoms with van der Waals surface area (Å²) in [7, 11) is 0. The molecule has 13 nitrogen and oxygen atoms in total. The highest BCUT2D eigenvalue weighted by molar-refractivity contribution is 6.00. The first-order valence-electron chi connectivity index (χ1n) is 12.3. The first-order chi connectivity index (χ1) is 19.5. The molecule has 0 spiro atoms. The van der Waals surface area contributed by atoms with Crippen LogP contribution in [0.3, 0.4) is 0 Å². The van der Waals surface area contributed by atoms with Crippen molar-refractivity contribution in [3.05, 3.63) is 84.7 Å². The first-order valence-corrected chi connectivity index (χ1v) is 12.3. The van der Waals surface area contributed by atoms with Gasteiger partial charge in [0, 0.05) is 42.3 Å². The van der Waals surface area contributed by atoms with Crippen molar-refractivity contribution < 1.29 is 28.3 Å². The Balaban J connectivity index is 1.06. The average Bonchev–Trinajstić information content (AvgIpc) is 3.74. The van der Waals surface area contributed by atoms with Gasteiger partial charge in [-0.25, -0.2) is 28.6 Å². The molecule has 0 N–H and O–H groups in total. The fourth-order valence-electron chi connectivity index (χ4n) is 4.32. The highest BCUT2D eigenvalue weighted by Crippen LogP contribution is 2.29. The fourth-order valence-corrected chi connectivity index (χ4v) is 4.32. The van der Waals surface area contributed by atoms with Gasteiger partial charge in [0.1, 0.15) is 30.6 Å². The predicted molar refractivity (Wildman–Crippen MR) is 136 cm³/mol. The third-order valence-corrected chi connectivity index (χ3v) is 6.30. The number of nitrogens with zero attached hydrogens (tertiary/aromatic N) is 8. The van der Waals surface area contributed by atoms with Crippen LogP contribution in [0.2, 0.25) is 0 Å². The minimum atomic E-state index is -0.554. The Kier molecular flexibility index (Phi) is 6.78. The van der Waals surface area contributed by atoms with Crippen molar-refractivity contribution in [1.29, 1.82) is 0 Å². The standard InChI is InChI=1S/C26H21FN8O5/c27-22-7-18(35-13-20(39-26(35)37)12-34-6-5-31-33-34)2-3-21(22)16-1-4-23(30-11-16)24-8-19(40-32-24)14-38-25(36)17-9-28-15-29-10-17/h1-7,9-11,15,19-20H,8,12-14H2/t19-,20-/m0/s1. The summed E-state index contributed by atoms with van der Waals surface area (Å²) in [5, 5.41) is 11.7. The number of aromatic nitrogens is 6. The van der Waals surface area contributed by atoms with Gasteiger partial charge in [0.2, 0.25) is 0 Å². The molecule has 0 radical (unpaired) electrons. The van der Waals surface area contributed by atoms with Crippen molar-refractivity contribution in [3.8, 4) is 11.1 Å². The highest BCUT2D eigenvalue weighted by Gasteiger charge is 2.33. The van der Waals surface area contributed by atoms with Crippen LogP contribution in [0.5, 0.6) is 0 Å². The van der Waals surface area contributed by atoms with Gasteiger partial charge < -0.3 is 14.3 Å². The number of oxime groups is 1. The number of hydrogen-bond acceptors (Lipinski definition) is 11. The zero-order valence-corrected chi connectivity index (χ0v) is 20.8. The third-order valence-electron chi connectivity index (χ3n) is 6.30. The number of ether oxygens (including phenoxy) is 2. The molecule has 14 heteroatoms. The molecule has 6 rings (SSSR count). The SMILES string of the molecule is O=C(OC[C@@H]1CC(c2ccc(-c3ccc(N4C[C@H](Cn5ccnn5)OC4=O)cc3F)cn2)=NO1)c1cncnc1. The lowest BCUT2D eigenvalue weighted by Crippen LogP contribution is -2.26. The number of rotatable bonds is 8. The molecule has 40 heavy (non-hydrogen) atoms.